The number of nitrogens with zero attached hydrogens (tertiary/aromatic N) is 3. The van der Waals surface area contributed by atoms with Crippen LogP contribution in [0.15, 0.2) is 12.4 Å². The van der Waals surface area contributed by atoms with Gasteiger partial charge < -0.3 is 10.3 Å². The molecule has 2 atom stereocenters. The second-order valence-electron chi connectivity index (χ2n) is 3.92. The number of rotatable bonds is 2. The van der Waals surface area contributed by atoms with Crippen LogP contribution in [0.5, 0.6) is 0 Å². The molecule has 2 heterocycles. The summed E-state index contributed by atoms with van der Waals surface area (Å²) in [6, 6.07) is 0.538. The van der Waals surface area contributed by atoms with Gasteiger partial charge in [0.1, 0.15) is 5.82 Å². The molecule has 0 aliphatic carbocycles. The summed E-state index contributed by atoms with van der Waals surface area (Å²) < 4.78 is 2.07. The number of likely N-dealkylation sites (N-methyl/N-ethyl adjacent to an activating group) is 1. The van der Waals surface area contributed by atoms with Gasteiger partial charge in [0.15, 0.2) is 0 Å². The van der Waals surface area contributed by atoms with Crippen LogP contribution >= 0.6 is 0 Å². The number of likely N-dealkylation sites (tertiary alicyclic amines) is 1. The van der Waals surface area contributed by atoms with E-state index in [0.29, 0.717) is 6.04 Å². The van der Waals surface area contributed by atoms with Gasteiger partial charge in [0.25, 0.3) is 0 Å². The van der Waals surface area contributed by atoms with E-state index in [2.05, 4.69) is 21.4 Å². The topological polar surface area (TPSA) is 47.1 Å². The summed E-state index contributed by atoms with van der Waals surface area (Å²) in [5, 5.41) is 0. The number of imidazole rings is 1. The third kappa shape index (κ3) is 1.44. The fraction of sp³-hybridized carbons (Fsp3) is 0.700. The molecule has 1 aliphatic rings. The number of hydrogen-bond donors (Lipinski definition) is 1. The maximum atomic E-state index is 6.11. The molecule has 2 unspecified atom stereocenters. The van der Waals surface area contributed by atoms with Crippen molar-refractivity contribution in [3.63, 3.8) is 0 Å². The Bertz CT molecular complexity index is 307. The third-order valence-corrected chi connectivity index (χ3v) is 3.08. The number of nitrogens with two attached hydrogens (primary N) is 1. The van der Waals surface area contributed by atoms with Crippen LogP contribution in [-0.2, 0) is 7.05 Å². The molecule has 1 aliphatic heterocycles. The maximum Gasteiger partial charge on any atom is 0.127 e. The summed E-state index contributed by atoms with van der Waals surface area (Å²) in [4.78, 5) is 6.78. The van der Waals surface area contributed by atoms with Crippen molar-refractivity contribution in [2.75, 3.05) is 13.1 Å². The average molecular weight is 194 g/mol. The molecule has 4 nitrogen and oxygen atoms in total. The average Bonchev–Trinajstić information content (AvgIpc) is 2.72. The maximum absolute atomic E-state index is 6.11. The molecule has 0 spiro atoms. The predicted molar refractivity (Wildman–Crippen MR) is 55.8 cm³/mol. The zero-order valence-electron chi connectivity index (χ0n) is 8.85. The molecule has 0 bridgehead atoms. The van der Waals surface area contributed by atoms with Crippen molar-refractivity contribution in [2.24, 2.45) is 12.8 Å². The SMILES string of the molecule is CCN1CCC(N)C1c1nccn1C. The van der Waals surface area contributed by atoms with Gasteiger partial charge in [-0.15, -0.1) is 0 Å². The van der Waals surface area contributed by atoms with Crippen LogP contribution in [0.4, 0.5) is 0 Å². The van der Waals surface area contributed by atoms with Gasteiger partial charge in [-0.25, -0.2) is 4.98 Å². The van der Waals surface area contributed by atoms with E-state index in [0.717, 1.165) is 25.3 Å². The van der Waals surface area contributed by atoms with Crippen molar-refractivity contribution in [3.05, 3.63) is 18.2 Å². The Morgan fingerprint density at radius 3 is 3.00 bits per heavy atom. The lowest BCUT2D eigenvalue weighted by atomic mass is 10.1. The van der Waals surface area contributed by atoms with Crippen molar-refractivity contribution < 1.29 is 0 Å². The normalized spacial score (nSPS) is 28.5. The van der Waals surface area contributed by atoms with Crippen LogP contribution in [0, 0.1) is 0 Å². The van der Waals surface area contributed by atoms with Crippen LogP contribution < -0.4 is 5.73 Å². The lowest BCUT2D eigenvalue weighted by molar-refractivity contribution is 0.247. The highest BCUT2D eigenvalue weighted by Gasteiger charge is 2.34. The minimum Gasteiger partial charge on any atom is -0.337 e. The summed E-state index contributed by atoms with van der Waals surface area (Å²) in [7, 11) is 2.03. The van der Waals surface area contributed by atoms with Gasteiger partial charge in [0.2, 0.25) is 0 Å². The molecule has 1 aromatic rings. The molecule has 2 N–H and O–H groups in total. The van der Waals surface area contributed by atoms with E-state index in [9.17, 15) is 0 Å². The first-order valence-corrected chi connectivity index (χ1v) is 5.21. The standard InChI is InChI=1S/C10H18N4/c1-3-14-6-4-8(11)9(14)10-12-5-7-13(10)2/h5,7-9H,3-4,6,11H2,1-2H3. The Morgan fingerprint density at radius 2 is 2.43 bits per heavy atom. The Kier molecular flexibility index (Phi) is 2.56. The Hall–Kier alpha value is -0.870. The molecule has 1 saturated heterocycles. The van der Waals surface area contributed by atoms with E-state index in [4.69, 9.17) is 5.73 Å². The molecule has 0 saturated carbocycles. The van der Waals surface area contributed by atoms with E-state index in [1.54, 1.807) is 0 Å². The van der Waals surface area contributed by atoms with E-state index >= 15 is 0 Å². The highest BCUT2D eigenvalue weighted by atomic mass is 15.2. The highest BCUT2D eigenvalue weighted by Crippen LogP contribution is 2.29. The van der Waals surface area contributed by atoms with Crippen LogP contribution in [0.1, 0.15) is 25.2 Å². The summed E-state index contributed by atoms with van der Waals surface area (Å²) >= 11 is 0. The summed E-state index contributed by atoms with van der Waals surface area (Å²) in [6.45, 7) is 4.31. The van der Waals surface area contributed by atoms with Gasteiger partial charge in [-0.2, -0.15) is 0 Å². The van der Waals surface area contributed by atoms with Crippen molar-refractivity contribution in [2.45, 2.75) is 25.4 Å². The minimum absolute atomic E-state index is 0.232. The summed E-state index contributed by atoms with van der Waals surface area (Å²) in [6.07, 6.45) is 4.90. The largest absolute Gasteiger partial charge is 0.337 e. The van der Waals surface area contributed by atoms with Gasteiger partial charge in [-0.3, -0.25) is 4.90 Å². The zero-order chi connectivity index (χ0) is 10.1. The molecule has 14 heavy (non-hydrogen) atoms. The smallest absolute Gasteiger partial charge is 0.127 e. The van der Waals surface area contributed by atoms with Gasteiger partial charge in [-0.05, 0) is 13.0 Å². The summed E-state index contributed by atoms with van der Waals surface area (Å²) in [5.74, 6) is 1.09. The van der Waals surface area contributed by atoms with Gasteiger partial charge in [0, 0.05) is 32.0 Å². The number of aryl methyl sites for hydroxylation is 1. The monoisotopic (exact) mass is 194 g/mol. The fourth-order valence-corrected chi connectivity index (χ4v) is 2.25. The van der Waals surface area contributed by atoms with Gasteiger partial charge in [0.05, 0.1) is 6.04 Å². The first-order chi connectivity index (χ1) is 6.74. The van der Waals surface area contributed by atoms with Crippen LogP contribution in [0.25, 0.3) is 0 Å². The molecular weight excluding hydrogens is 176 g/mol. The van der Waals surface area contributed by atoms with Crippen molar-refractivity contribution in [3.8, 4) is 0 Å². The van der Waals surface area contributed by atoms with Crippen LogP contribution in [-0.4, -0.2) is 33.6 Å². The van der Waals surface area contributed by atoms with E-state index < -0.39 is 0 Å². The minimum atomic E-state index is 0.232. The lowest BCUT2D eigenvalue weighted by Gasteiger charge is -2.24. The Morgan fingerprint density at radius 1 is 1.64 bits per heavy atom. The molecule has 1 aromatic heterocycles. The highest BCUT2D eigenvalue weighted by molar-refractivity contribution is 5.06. The first-order valence-electron chi connectivity index (χ1n) is 5.21. The third-order valence-electron chi connectivity index (χ3n) is 3.08. The molecule has 4 heteroatoms. The predicted octanol–water partition coefficient (Wildman–Crippen LogP) is 0.514. The van der Waals surface area contributed by atoms with E-state index in [-0.39, 0.29) is 6.04 Å². The molecule has 78 valence electrons. The lowest BCUT2D eigenvalue weighted by Crippen LogP contribution is -2.33. The quantitative estimate of drug-likeness (QED) is 0.746. The Labute approximate surface area is 84.7 Å². The van der Waals surface area contributed by atoms with Gasteiger partial charge >= 0.3 is 0 Å². The molecule has 1 fully saturated rings. The van der Waals surface area contributed by atoms with Gasteiger partial charge in [-0.1, -0.05) is 6.92 Å². The molecule has 0 radical (unpaired) electrons. The van der Waals surface area contributed by atoms with Crippen molar-refractivity contribution in [1.29, 1.82) is 0 Å². The zero-order valence-corrected chi connectivity index (χ0v) is 8.85. The fourth-order valence-electron chi connectivity index (χ4n) is 2.25. The van der Waals surface area contributed by atoms with E-state index in [1.807, 2.05) is 19.4 Å². The van der Waals surface area contributed by atoms with Crippen molar-refractivity contribution >= 4 is 0 Å². The number of aromatic nitrogens is 2. The van der Waals surface area contributed by atoms with Crippen LogP contribution in [0.2, 0.25) is 0 Å². The second kappa shape index (κ2) is 3.71. The van der Waals surface area contributed by atoms with E-state index in [1.165, 1.54) is 0 Å². The molecule has 0 aromatic carbocycles. The molecule has 0 amide bonds. The molecular formula is C10H18N4. The Balaban J connectivity index is 2.27. The second-order valence-corrected chi connectivity index (χ2v) is 3.92. The number of hydrogen-bond acceptors (Lipinski definition) is 3. The first kappa shape index (κ1) is 9.68. The van der Waals surface area contributed by atoms with Crippen molar-refractivity contribution in [1.82, 2.24) is 14.5 Å². The molecule has 2 rings (SSSR count). The van der Waals surface area contributed by atoms with Crippen LogP contribution in [0.3, 0.4) is 0 Å². The summed E-state index contributed by atoms with van der Waals surface area (Å²) in [5.41, 5.74) is 6.11.